The third-order valence-corrected chi connectivity index (χ3v) is 3.11. The number of rotatable bonds is 5. The van der Waals surface area contributed by atoms with Crippen LogP contribution in [-0.4, -0.2) is 32.7 Å². The summed E-state index contributed by atoms with van der Waals surface area (Å²) in [4.78, 5) is 34.5. The van der Waals surface area contributed by atoms with Gasteiger partial charge in [0.2, 0.25) is 0 Å². The monoisotopic (exact) mass is 281 g/mol. The molecule has 1 aromatic heterocycles. The second-order valence-corrected chi connectivity index (χ2v) is 5.37. The summed E-state index contributed by atoms with van der Waals surface area (Å²) in [6, 6.07) is 0. The molecular formula is C13H19N3O4. The van der Waals surface area contributed by atoms with E-state index >= 15 is 0 Å². The largest absolute Gasteiger partial charge is 0.481 e. The summed E-state index contributed by atoms with van der Waals surface area (Å²) in [6.45, 7) is 6.77. The standard InChI is InChI=1S/C13H19N3O4/c1-7-8(2)15-16-12(20)10(7)11(19)14-13(3,4)6-5-9(17)18/h5-6H2,1-4H3,(H,14,19)(H,16,20)(H,17,18). The van der Waals surface area contributed by atoms with Crippen molar-refractivity contribution < 1.29 is 14.7 Å². The molecule has 0 fully saturated rings. The number of carboxylic acid groups (broad SMARTS) is 1. The van der Waals surface area contributed by atoms with Crippen molar-refractivity contribution in [2.45, 2.75) is 46.1 Å². The van der Waals surface area contributed by atoms with E-state index < -0.39 is 23.0 Å². The summed E-state index contributed by atoms with van der Waals surface area (Å²) in [7, 11) is 0. The van der Waals surface area contributed by atoms with E-state index in [0.717, 1.165) is 0 Å². The molecule has 20 heavy (non-hydrogen) atoms. The van der Waals surface area contributed by atoms with Crippen molar-refractivity contribution in [1.82, 2.24) is 15.5 Å². The lowest BCUT2D eigenvalue weighted by Crippen LogP contribution is -2.45. The van der Waals surface area contributed by atoms with Crippen molar-refractivity contribution >= 4 is 11.9 Å². The Morgan fingerprint density at radius 3 is 2.50 bits per heavy atom. The molecule has 0 atom stereocenters. The highest BCUT2D eigenvalue weighted by atomic mass is 16.4. The van der Waals surface area contributed by atoms with Gasteiger partial charge >= 0.3 is 5.97 Å². The maximum atomic E-state index is 12.2. The Bertz CT molecular complexity index is 590. The van der Waals surface area contributed by atoms with Crippen LogP contribution >= 0.6 is 0 Å². The molecule has 0 spiro atoms. The van der Waals surface area contributed by atoms with Crippen LogP contribution in [0, 0.1) is 13.8 Å². The van der Waals surface area contributed by atoms with E-state index in [1.54, 1.807) is 27.7 Å². The molecule has 0 aliphatic heterocycles. The Labute approximate surface area is 116 Å². The molecule has 3 N–H and O–H groups in total. The molecule has 0 aliphatic carbocycles. The number of carbonyl (C=O) groups excluding carboxylic acids is 1. The number of carboxylic acids is 1. The zero-order valence-corrected chi connectivity index (χ0v) is 12.0. The number of carbonyl (C=O) groups is 2. The number of aryl methyl sites for hydroxylation is 1. The molecule has 0 bridgehead atoms. The fourth-order valence-electron chi connectivity index (χ4n) is 1.75. The predicted octanol–water partition coefficient (Wildman–Crippen LogP) is 0.760. The van der Waals surface area contributed by atoms with Crippen molar-refractivity contribution in [2.24, 2.45) is 0 Å². The van der Waals surface area contributed by atoms with E-state index in [-0.39, 0.29) is 18.4 Å². The molecular weight excluding hydrogens is 262 g/mol. The summed E-state index contributed by atoms with van der Waals surface area (Å²) >= 11 is 0. The van der Waals surface area contributed by atoms with Gasteiger partial charge in [0, 0.05) is 12.0 Å². The van der Waals surface area contributed by atoms with Crippen molar-refractivity contribution in [2.75, 3.05) is 0 Å². The summed E-state index contributed by atoms with van der Waals surface area (Å²) in [5, 5.41) is 17.4. The molecule has 0 aliphatic rings. The molecule has 1 aromatic rings. The van der Waals surface area contributed by atoms with Gasteiger partial charge in [-0.05, 0) is 39.7 Å². The van der Waals surface area contributed by atoms with E-state index in [4.69, 9.17) is 5.11 Å². The van der Waals surface area contributed by atoms with Crippen LogP contribution in [-0.2, 0) is 4.79 Å². The van der Waals surface area contributed by atoms with Crippen LogP contribution < -0.4 is 10.9 Å². The van der Waals surface area contributed by atoms with Gasteiger partial charge in [-0.3, -0.25) is 14.4 Å². The summed E-state index contributed by atoms with van der Waals surface area (Å²) in [5.41, 5.74) is -0.176. The Morgan fingerprint density at radius 1 is 1.35 bits per heavy atom. The van der Waals surface area contributed by atoms with Crippen LogP contribution in [0.3, 0.4) is 0 Å². The number of aromatic amines is 1. The topological polar surface area (TPSA) is 112 Å². The molecule has 0 saturated heterocycles. The average Bonchev–Trinajstić information content (AvgIpc) is 2.31. The Morgan fingerprint density at radius 2 is 1.95 bits per heavy atom. The maximum absolute atomic E-state index is 12.2. The number of hydrogen-bond acceptors (Lipinski definition) is 4. The third-order valence-electron chi connectivity index (χ3n) is 3.11. The summed E-state index contributed by atoms with van der Waals surface area (Å²) in [5.74, 6) is -1.45. The molecule has 1 rings (SSSR count). The van der Waals surface area contributed by atoms with Crippen molar-refractivity contribution in [3.63, 3.8) is 0 Å². The van der Waals surface area contributed by atoms with Crippen molar-refractivity contribution in [3.05, 3.63) is 27.2 Å². The van der Waals surface area contributed by atoms with Gasteiger partial charge in [-0.25, -0.2) is 5.10 Å². The van der Waals surface area contributed by atoms with E-state index in [1.165, 1.54) is 0 Å². The lowest BCUT2D eigenvalue weighted by Gasteiger charge is -2.25. The van der Waals surface area contributed by atoms with Crippen LogP contribution in [0.1, 0.15) is 48.3 Å². The first-order valence-corrected chi connectivity index (χ1v) is 6.24. The number of nitrogens with zero attached hydrogens (tertiary/aromatic N) is 1. The second kappa shape index (κ2) is 5.85. The van der Waals surface area contributed by atoms with Gasteiger partial charge in [-0.2, -0.15) is 5.10 Å². The van der Waals surface area contributed by atoms with Gasteiger partial charge in [0.25, 0.3) is 11.5 Å². The molecule has 0 unspecified atom stereocenters. The van der Waals surface area contributed by atoms with Gasteiger partial charge in [0.05, 0.1) is 5.69 Å². The van der Waals surface area contributed by atoms with Gasteiger partial charge in [0.15, 0.2) is 0 Å². The van der Waals surface area contributed by atoms with Gasteiger partial charge in [-0.15, -0.1) is 0 Å². The normalized spacial score (nSPS) is 11.2. The highest BCUT2D eigenvalue weighted by Crippen LogP contribution is 2.13. The van der Waals surface area contributed by atoms with Gasteiger partial charge < -0.3 is 10.4 Å². The zero-order chi connectivity index (χ0) is 15.5. The molecule has 7 nitrogen and oxygen atoms in total. The average molecular weight is 281 g/mol. The van der Waals surface area contributed by atoms with E-state index in [2.05, 4.69) is 15.5 Å². The zero-order valence-electron chi connectivity index (χ0n) is 12.0. The van der Waals surface area contributed by atoms with Crippen LogP contribution in [0.5, 0.6) is 0 Å². The van der Waals surface area contributed by atoms with Crippen LogP contribution in [0.25, 0.3) is 0 Å². The smallest absolute Gasteiger partial charge is 0.303 e. The molecule has 0 radical (unpaired) electrons. The molecule has 7 heteroatoms. The lowest BCUT2D eigenvalue weighted by atomic mass is 9.97. The minimum Gasteiger partial charge on any atom is -0.481 e. The van der Waals surface area contributed by atoms with Crippen molar-refractivity contribution in [3.8, 4) is 0 Å². The first-order valence-electron chi connectivity index (χ1n) is 6.24. The van der Waals surface area contributed by atoms with Crippen LogP contribution in [0.4, 0.5) is 0 Å². The Balaban J connectivity index is 2.94. The van der Waals surface area contributed by atoms with Crippen LogP contribution in [0.15, 0.2) is 4.79 Å². The minimum atomic E-state index is -0.930. The van der Waals surface area contributed by atoms with Crippen LogP contribution in [0.2, 0.25) is 0 Å². The molecule has 1 heterocycles. The summed E-state index contributed by atoms with van der Waals surface area (Å²) < 4.78 is 0. The molecule has 0 aromatic carbocycles. The maximum Gasteiger partial charge on any atom is 0.303 e. The number of aromatic nitrogens is 2. The summed E-state index contributed by atoms with van der Waals surface area (Å²) in [6.07, 6.45) is 0.215. The highest BCUT2D eigenvalue weighted by Gasteiger charge is 2.25. The number of hydrogen-bond donors (Lipinski definition) is 3. The quantitative estimate of drug-likeness (QED) is 0.737. The third kappa shape index (κ3) is 3.91. The van der Waals surface area contributed by atoms with E-state index in [9.17, 15) is 14.4 Å². The number of nitrogens with one attached hydrogen (secondary N) is 2. The van der Waals surface area contributed by atoms with E-state index in [1.807, 2.05) is 0 Å². The van der Waals surface area contributed by atoms with Gasteiger partial charge in [0.1, 0.15) is 5.56 Å². The number of aliphatic carboxylic acids is 1. The fraction of sp³-hybridized carbons (Fsp3) is 0.538. The Kier molecular flexibility index (Phi) is 4.65. The molecule has 1 amide bonds. The predicted molar refractivity (Wildman–Crippen MR) is 72.7 cm³/mol. The lowest BCUT2D eigenvalue weighted by molar-refractivity contribution is -0.137. The van der Waals surface area contributed by atoms with Crippen molar-refractivity contribution in [1.29, 1.82) is 0 Å². The SMILES string of the molecule is Cc1n[nH]c(=O)c(C(=O)NC(C)(C)CCC(=O)O)c1C. The first kappa shape index (κ1) is 15.9. The first-order chi connectivity index (χ1) is 9.14. The molecule has 110 valence electrons. The minimum absolute atomic E-state index is 0.0147. The fourth-order valence-corrected chi connectivity index (χ4v) is 1.75. The molecule has 0 saturated carbocycles. The second-order valence-electron chi connectivity index (χ2n) is 5.37. The highest BCUT2D eigenvalue weighted by molar-refractivity contribution is 5.95. The van der Waals surface area contributed by atoms with E-state index in [0.29, 0.717) is 11.3 Å². The Hall–Kier alpha value is -2.18. The number of H-pyrrole nitrogens is 1. The number of amides is 1. The van der Waals surface area contributed by atoms with Gasteiger partial charge in [-0.1, -0.05) is 0 Å².